The standard InChI is InChI=1S/C16H16/c1-3-12-10-13-6-4-5-7-14-11(2)8-9-15(12)16(13)14/h4-5,7-9,12H,3,10H2,1-2H3. The Labute approximate surface area is 97.0 Å². The molecular weight excluding hydrogens is 192 g/mol. The third-order valence-corrected chi connectivity index (χ3v) is 3.80. The molecule has 1 aromatic carbocycles. The van der Waals surface area contributed by atoms with Crippen molar-refractivity contribution in [2.75, 3.05) is 0 Å². The fraction of sp³-hybridized carbons (Fsp3) is 0.312. The molecule has 0 N–H and O–H groups in total. The fourth-order valence-electron chi connectivity index (χ4n) is 2.88. The van der Waals surface area contributed by atoms with E-state index in [4.69, 9.17) is 0 Å². The lowest BCUT2D eigenvalue weighted by atomic mass is 9.94. The minimum Gasteiger partial charge on any atom is -0.117 e. The Hall–Kier alpha value is -1.52. The third-order valence-electron chi connectivity index (χ3n) is 3.80. The van der Waals surface area contributed by atoms with Gasteiger partial charge in [0.25, 0.3) is 0 Å². The van der Waals surface area contributed by atoms with Crippen LogP contribution in [0.2, 0.25) is 0 Å². The first-order chi connectivity index (χ1) is 7.81. The van der Waals surface area contributed by atoms with Gasteiger partial charge in [0, 0.05) is 5.57 Å². The Kier molecular flexibility index (Phi) is 2.12. The predicted molar refractivity (Wildman–Crippen MR) is 69.4 cm³/mol. The van der Waals surface area contributed by atoms with Crippen LogP contribution in [-0.4, -0.2) is 0 Å². The molecule has 1 unspecified atom stereocenters. The van der Waals surface area contributed by atoms with Gasteiger partial charge in [-0.25, -0.2) is 0 Å². The number of benzene rings is 1. The van der Waals surface area contributed by atoms with E-state index in [0.29, 0.717) is 5.92 Å². The highest BCUT2D eigenvalue weighted by Gasteiger charge is 2.27. The largest absolute Gasteiger partial charge is 0.117 e. The minimum atomic E-state index is 0.705. The lowest BCUT2D eigenvalue weighted by Gasteiger charge is -2.10. The zero-order valence-electron chi connectivity index (χ0n) is 9.88. The number of hydrogen-bond donors (Lipinski definition) is 0. The summed E-state index contributed by atoms with van der Waals surface area (Å²) in [5, 5.41) is 0. The summed E-state index contributed by atoms with van der Waals surface area (Å²) < 4.78 is 0. The summed E-state index contributed by atoms with van der Waals surface area (Å²) in [5.41, 5.74) is 10.6. The van der Waals surface area contributed by atoms with Gasteiger partial charge in [-0.3, -0.25) is 0 Å². The van der Waals surface area contributed by atoms with Gasteiger partial charge in [-0.15, -0.1) is 5.73 Å². The summed E-state index contributed by atoms with van der Waals surface area (Å²) in [6.45, 7) is 4.48. The molecule has 0 saturated heterocycles. The molecule has 2 aliphatic carbocycles. The highest BCUT2D eigenvalue weighted by atomic mass is 14.3. The number of aryl methyl sites for hydroxylation is 1. The molecule has 0 heterocycles. The van der Waals surface area contributed by atoms with Crippen LogP contribution in [0.15, 0.2) is 30.0 Å². The van der Waals surface area contributed by atoms with E-state index >= 15 is 0 Å². The van der Waals surface area contributed by atoms with Gasteiger partial charge >= 0.3 is 0 Å². The summed E-state index contributed by atoms with van der Waals surface area (Å²) in [4.78, 5) is 0. The average Bonchev–Trinajstić information content (AvgIpc) is 2.50. The zero-order chi connectivity index (χ0) is 11.1. The molecule has 1 atom stereocenters. The maximum absolute atomic E-state index is 3.44. The van der Waals surface area contributed by atoms with E-state index in [1.165, 1.54) is 40.7 Å². The van der Waals surface area contributed by atoms with Crippen molar-refractivity contribution in [1.29, 1.82) is 0 Å². The van der Waals surface area contributed by atoms with E-state index in [1.54, 1.807) is 0 Å². The van der Waals surface area contributed by atoms with Crippen LogP contribution >= 0.6 is 0 Å². The van der Waals surface area contributed by atoms with Gasteiger partial charge < -0.3 is 0 Å². The van der Waals surface area contributed by atoms with Gasteiger partial charge in [-0.2, -0.15) is 0 Å². The first-order valence-electron chi connectivity index (χ1n) is 6.07. The molecule has 0 saturated carbocycles. The molecule has 1 aromatic rings. The van der Waals surface area contributed by atoms with Crippen molar-refractivity contribution in [1.82, 2.24) is 0 Å². The van der Waals surface area contributed by atoms with Gasteiger partial charge in [-0.1, -0.05) is 31.2 Å². The number of allylic oxidation sites excluding steroid dienone is 2. The molecule has 0 spiro atoms. The van der Waals surface area contributed by atoms with E-state index in [2.05, 4.69) is 49.9 Å². The summed E-state index contributed by atoms with van der Waals surface area (Å²) in [7, 11) is 0. The molecule has 0 aliphatic heterocycles. The van der Waals surface area contributed by atoms with Crippen LogP contribution in [-0.2, 0) is 0 Å². The molecule has 0 fully saturated rings. The van der Waals surface area contributed by atoms with Gasteiger partial charge in [0.2, 0.25) is 0 Å². The fourth-order valence-corrected chi connectivity index (χ4v) is 2.88. The van der Waals surface area contributed by atoms with E-state index in [-0.39, 0.29) is 0 Å². The van der Waals surface area contributed by atoms with E-state index < -0.39 is 0 Å². The van der Waals surface area contributed by atoms with Gasteiger partial charge in [0.1, 0.15) is 0 Å². The Bertz CT molecular complexity index is 537. The van der Waals surface area contributed by atoms with Crippen molar-refractivity contribution < 1.29 is 0 Å². The quantitative estimate of drug-likeness (QED) is 0.598. The predicted octanol–water partition coefficient (Wildman–Crippen LogP) is 4.46. The van der Waals surface area contributed by atoms with Crippen LogP contribution in [0, 0.1) is 6.92 Å². The van der Waals surface area contributed by atoms with Crippen molar-refractivity contribution in [3.05, 3.63) is 52.3 Å². The first-order valence-corrected chi connectivity index (χ1v) is 6.07. The lowest BCUT2D eigenvalue weighted by molar-refractivity contribution is 0.706. The average molecular weight is 208 g/mol. The second kappa shape index (κ2) is 3.50. The topological polar surface area (TPSA) is 0 Å². The van der Waals surface area contributed by atoms with Crippen LogP contribution in [0.1, 0.15) is 47.9 Å². The van der Waals surface area contributed by atoms with Crippen molar-refractivity contribution in [2.45, 2.75) is 32.6 Å². The summed E-state index contributed by atoms with van der Waals surface area (Å²) in [5.74, 6) is 0.705. The molecule has 0 amide bonds. The molecule has 16 heavy (non-hydrogen) atoms. The summed E-state index contributed by atoms with van der Waals surface area (Å²) >= 11 is 0. The molecule has 0 bridgehead atoms. The SMILES string of the molecule is CCC1CC2=C=CC=Cc3c(C)ccc1c32. The molecule has 80 valence electrons. The van der Waals surface area contributed by atoms with Crippen LogP contribution in [0.4, 0.5) is 0 Å². The molecule has 0 radical (unpaired) electrons. The summed E-state index contributed by atoms with van der Waals surface area (Å²) in [6.07, 6.45) is 8.78. The highest BCUT2D eigenvalue weighted by molar-refractivity contribution is 5.83. The Balaban J connectivity index is 2.34. The third kappa shape index (κ3) is 1.24. The lowest BCUT2D eigenvalue weighted by Crippen LogP contribution is -1.93. The van der Waals surface area contributed by atoms with Crippen LogP contribution < -0.4 is 0 Å². The van der Waals surface area contributed by atoms with Crippen molar-refractivity contribution >= 4 is 11.6 Å². The van der Waals surface area contributed by atoms with E-state index in [9.17, 15) is 0 Å². The van der Waals surface area contributed by atoms with Crippen LogP contribution in [0.5, 0.6) is 0 Å². The first kappa shape index (κ1) is 9.69. The molecular formula is C16H16. The monoisotopic (exact) mass is 208 g/mol. The van der Waals surface area contributed by atoms with E-state index in [0.717, 1.165) is 0 Å². The maximum atomic E-state index is 3.44. The molecule has 3 rings (SSSR count). The van der Waals surface area contributed by atoms with Crippen LogP contribution in [0.25, 0.3) is 11.6 Å². The van der Waals surface area contributed by atoms with Crippen molar-refractivity contribution in [2.24, 2.45) is 0 Å². The minimum absolute atomic E-state index is 0.705. The van der Waals surface area contributed by atoms with Gasteiger partial charge in [-0.05, 0) is 54.0 Å². The van der Waals surface area contributed by atoms with E-state index in [1.807, 2.05) is 0 Å². The summed E-state index contributed by atoms with van der Waals surface area (Å²) in [6, 6.07) is 4.58. The Morgan fingerprint density at radius 2 is 2.25 bits per heavy atom. The molecule has 2 aliphatic rings. The van der Waals surface area contributed by atoms with Crippen LogP contribution in [0.3, 0.4) is 0 Å². The normalized spacial score (nSPS) is 20.6. The Morgan fingerprint density at radius 3 is 3.06 bits per heavy atom. The zero-order valence-corrected chi connectivity index (χ0v) is 9.88. The smallest absolute Gasteiger partial charge is 0.00271 e. The molecule has 0 aromatic heterocycles. The number of hydrogen-bond acceptors (Lipinski definition) is 0. The second-order valence-electron chi connectivity index (χ2n) is 4.72. The van der Waals surface area contributed by atoms with Gasteiger partial charge in [0.15, 0.2) is 0 Å². The molecule has 0 nitrogen and oxygen atoms in total. The maximum Gasteiger partial charge on any atom is 0.00271 e. The number of rotatable bonds is 1. The van der Waals surface area contributed by atoms with Crippen molar-refractivity contribution in [3.8, 4) is 0 Å². The van der Waals surface area contributed by atoms with Crippen molar-refractivity contribution in [3.63, 3.8) is 0 Å². The highest BCUT2D eigenvalue weighted by Crippen LogP contribution is 2.45. The Morgan fingerprint density at radius 1 is 1.38 bits per heavy atom. The van der Waals surface area contributed by atoms with Gasteiger partial charge in [0.05, 0.1) is 0 Å². The second-order valence-corrected chi connectivity index (χ2v) is 4.72. The molecule has 0 heteroatoms.